The molecule has 0 radical (unpaired) electrons. The van der Waals surface area contributed by atoms with E-state index in [-0.39, 0.29) is 17.9 Å². The summed E-state index contributed by atoms with van der Waals surface area (Å²) in [4.78, 5) is 12.3. The van der Waals surface area contributed by atoms with Crippen LogP contribution in [-0.4, -0.2) is 12.5 Å². The van der Waals surface area contributed by atoms with Gasteiger partial charge in [-0.3, -0.25) is 4.79 Å². The van der Waals surface area contributed by atoms with E-state index in [1.165, 1.54) is 0 Å². The number of carbonyl (C=O) groups is 1. The molecule has 20 heavy (non-hydrogen) atoms. The average Bonchev–Trinajstić information content (AvgIpc) is 2.47. The van der Waals surface area contributed by atoms with Crippen molar-refractivity contribution in [2.45, 2.75) is 38.6 Å². The van der Waals surface area contributed by atoms with E-state index in [1.807, 2.05) is 31.2 Å². The van der Waals surface area contributed by atoms with Gasteiger partial charge < -0.3 is 11.1 Å². The van der Waals surface area contributed by atoms with Crippen LogP contribution in [0.15, 0.2) is 24.3 Å². The predicted molar refractivity (Wildman–Crippen MR) is 82.5 cm³/mol. The van der Waals surface area contributed by atoms with Gasteiger partial charge in [-0.05, 0) is 56.7 Å². The van der Waals surface area contributed by atoms with E-state index >= 15 is 0 Å². The fraction of sp³-hybridized carbons (Fsp3) is 0.562. The number of halogens is 1. The molecule has 1 atom stereocenters. The number of benzene rings is 1. The Morgan fingerprint density at radius 1 is 1.35 bits per heavy atom. The van der Waals surface area contributed by atoms with Crippen molar-refractivity contribution < 1.29 is 4.79 Å². The number of carbonyl (C=O) groups excluding carboxylic acids is 1. The Labute approximate surface area is 125 Å². The summed E-state index contributed by atoms with van der Waals surface area (Å²) < 4.78 is 0. The van der Waals surface area contributed by atoms with Gasteiger partial charge in [-0.15, -0.1) is 0 Å². The van der Waals surface area contributed by atoms with E-state index < -0.39 is 0 Å². The molecule has 0 bridgehead atoms. The predicted octanol–water partition coefficient (Wildman–Crippen LogP) is 3.28. The summed E-state index contributed by atoms with van der Waals surface area (Å²) in [5.74, 6) is 0.871. The fourth-order valence-electron chi connectivity index (χ4n) is 2.90. The van der Waals surface area contributed by atoms with Crippen molar-refractivity contribution in [3.05, 3.63) is 34.9 Å². The monoisotopic (exact) mass is 294 g/mol. The van der Waals surface area contributed by atoms with Crippen LogP contribution in [0.1, 0.15) is 44.2 Å². The van der Waals surface area contributed by atoms with Crippen LogP contribution in [0.5, 0.6) is 0 Å². The summed E-state index contributed by atoms with van der Waals surface area (Å²) in [5.41, 5.74) is 6.65. The van der Waals surface area contributed by atoms with Crippen molar-refractivity contribution in [1.29, 1.82) is 0 Å². The Hall–Kier alpha value is -1.06. The zero-order valence-corrected chi connectivity index (χ0v) is 12.7. The van der Waals surface area contributed by atoms with E-state index in [1.54, 1.807) is 0 Å². The summed E-state index contributed by atoms with van der Waals surface area (Å²) in [7, 11) is 0. The normalized spacial score (nSPS) is 24.1. The summed E-state index contributed by atoms with van der Waals surface area (Å²) >= 11 is 6.16. The van der Waals surface area contributed by atoms with Gasteiger partial charge >= 0.3 is 0 Å². The summed E-state index contributed by atoms with van der Waals surface area (Å²) in [5, 5.41) is 3.79. The molecule has 1 saturated carbocycles. The fourth-order valence-corrected chi connectivity index (χ4v) is 3.19. The number of nitrogens with one attached hydrogen (secondary N) is 1. The topological polar surface area (TPSA) is 55.1 Å². The first-order valence-corrected chi connectivity index (χ1v) is 7.74. The summed E-state index contributed by atoms with van der Waals surface area (Å²) in [6.45, 7) is 2.72. The van der Waals surface area contributed by atoms with Crippen LogP contribution in [0.4, 0.5) is 0 Å². The van der Waals surface area contributed by atoms with Crippen LogP contribution < -0.4 is 11.1 Å². The van der Waals surface area contributed by atoms with E-state index in [0.29, 0.717) is 10.9 Å². The summed E-state index contributed by atoms with van der Waals surface area (Å²) in [6.07, 6.45) is 4.02. The zero-order chi connectivity index (χ0) is 14.5. The SMILES string of the molecule is C[C@@H](NC(=O)C1CCC(CN)CC1)c1ccccc1Cl. The molecule has 1 aromatic rings. The second kappa shape index (κ2) is 7.09. The van der Waals surface area contributed by atoms with Gasteiger partial charge in [0.25, 0.3) is 0 Å². The van der Waals surface area contributed by atoms with Crippen LogP contribution >= 0.6 is 11.6 Å². The van der Waals surface area contributed by atoms with Crippen LogP contribution in [-0.2, 0) is 4.79 Å². The Morgan fingerprint density at radius 3 is 2.60 bits per heavy atom. The molecule has 0 heterocycles. The van der Waals surface area contributed by atoms with E-state index in [2.05, 4.69) is 5.32 Å². The molecule has 1 aliphatic carbocycles. The second-order valence-corrected chi connectivity index (χ2v) is 6.11. The minimum absolute atomic E-state index is 0.0524. The molecule has 0 aliphatic heterocycles. The van der Waals surface area contributed by atoms with Crippen LogP contribution in [0.3, 0.4) is 0 Å². The van der Waals surface area contributed by atoms with E-state index in [0.717, 1.165) is 37.8 Å². The highest BCUT2D eigenvalue weighted by Gasteiger charge is 2.26. The smallest absolute Gasteiger partial charge is 0.223 e. The maximum Gasteiger partial charge on any atom is 0.223 e. The molecule has 1 aliphatic rings. The second-order valence-electron chi connectivity index (χ2n) is 5.71. The lowest BCUT2D eigenvalue weighted by molar-refractivity contribution is -0.126. The molecule has 0 spiro atoms. The highest BCUT2D eigenvalue weighted by Crippen LogP contribution is 2.29. The third-order valence-electron chi connectivity index (χ3n) is 4.28. The van der Waals surface area contributed by atoms with Gasteiger partial charge in [0.1, 0.15) is 0 Å². The molecule has 0 aromatic heterocycles. The molecule has 110 valence electrons. The maximum absolute atomic E-state index is 12.3. The van der Waals surface area contributed by atoms with Gasteiger partial charge in [-0.2, -0.15) is 0 Å². The van der Waals surface area contributed by atoms with Gasteiger partial charge in [0.05, 0.1) is 6.04 Å². The molecule has 0 unspecified atom stereocenters. The van der Waals surface area contributed by atoms with Crippen LogP contribution in [0, 0.1) is 11.8 Å². The van der Waals surface area contributed by atoms with Crippen molar-refractivity contribution in [1.82, 2.24) is 5.32 Å². The Balaban J connectivity index is 1.90. The van der Waals surface area contributed by atoms with Crippen molar-refractivity contribution >= 4 is 17.5 Å². The highest BCUT2D eigenvalue weighted by molar-refractivity contribution is 6.31. The number of hydrogen-bond acceptors (Lipinski definition) is 2. The van der Waals surface area contributed by atoms with Gasteiger partial charge in [0, 0.05) is 10.9 Å². The lowest BCUT2D eigenvalue weighted by Gasteiger charge is -2.28. The van der Waals surface area contributed by atoms with Crippen LogP contribution in [0.25, 0.3) is 0 Å². The van der Waals surface area contributed by atoms with Gasteiger partial charge in [0.2, 0.25) is 5.91 Å². The quantitative estimate of drug-likeness (QED) is 0.895. The largest absolute Gasteiger partial charge is 0.349 e. The summed E-state index contributed by atoms with van der Waals surface area (Å²) in [6, 6.07) is 7.60. The molecule has 1 fully saturated rings. The number of hydrogen-bond donors (Lipinski definition) is 2. The Bertz CT molecular complexity index is 456. The standard InChI is InChI=1S/C16H23ClN2O/c1-11(14-4-2-3-5-15(14)17)19-16(20)13-8-6-12(10-18)7-9-13/h2-5,11-13H,6-10,18H2,1H3,(H,19,20)/t11-,12?,13?/m1/s1. The highest BCUT2D eigenvalue weighted by atomic mass is 35.5. The minimum atomic E-state index is -0.0524. The first kappa shape index (κ1) is 15.3. The Kier molecular flexibility index (Phi) is 5.44. The molecule has 1 aromatic carbocycles. The first-order chi connectivity index (χ1) is 9.61. The lowest BCUT2D eigenvalue weighted by atomic mass is 9.81. The number of amides is 1. The molecular formula is C16H23ClN2O. The number of rotatable bonds is 4. The molecule has 1 amide bonds. The number of nitrogens with two attached hydrogens (primary N) is 1. The average molecular weight is 295 g/mol. The van der Waals surface area contributed by atoms with Gasteiger partial charge in [0.15, 0.2) is 0 Å². The lowest BCUT2D eigenvalue weighted by Crippen LogP contribution is -2.35. The van der Waals surface area contributed by atoms with Crippen molar-refractivity contribution in [2.24, 2.45) is 17.6 Å². The molecular weight excluding hydrogens is 272 g/mol. The third-order valence-corrected chi connectivity index (χ3v) is 4.63. The molecule has 2 rings (SSSR count). The van der Waals surface area contributed by atoms with Crippen molar-refractivity contribution in [3.63, 3.8) is 0 Å². The van der Waals surface area contributed by atoms with E-state index in [9.17, 15) is 4.79 Å². The minimum Gasteiger partial charge on any atom is -0.349 e. The van der Waals surface area contributed by atoms with Crippen molar-refractivity contribution in [2.75, 3.05) is 6.54 Å². The molecule has 4 heteroatoms. The molecule has 3 N–H and O–H groups in total. The van der Waals surface area contributed by atoms with Crippen LogP contribution in [0.2, 0.25) is 5.02 Å². The maximum atomic E-state index is 12.3. The molecule has 3 nitrogen and oxygen atoms in total. The first-order valence-electron chi connectivity index (χ1n) is 7.36. The van der Waals surface area contributed by atoms with Gasteiger partial charge in [-0.1, -0.05) is 29.8 Å². The Morgan fingerprint density at radius 2 is 2.00 bits per heavy atom. The van der Waals surface area contributed by atoms with Crippen molar-refractivity contribution in [3.8, 4) is 0 Å². The van der Waals surface area contributed by atoms with E-state index in [4.69, 9.17) is 17.3 Å². The third kappa shape index (κ3) is 3.74. The zero-order valence-electron chi connectivity index (χ0n) is 11.9. The van der Waals surface area contributed by atoms with Gasteiger partial charge in [-0.25, -0.2) is 0 Å². The molecule has 0 saturated heterocycles.